The number of carbonyl (C=O) groups is 1. The Balaban J connectivity index is 2.30. The van der Waals surface area contributed by atoms with Crippen LogP contribution < -0.4 is 10.7 Å². The van der Waals surface area contributed by atoms with Crippen molar-refractivity contribution in [3.05, 3.63) is 0 Å². The lowest BCUT2D eigenvalue weighted by Crippen LogP contribution is -2.52. The number of nitrogens with one attached hydrogen (secondary N) is 2. The van der Waals surface area contributed by atoms with Gasteiger partial charge in [0.2, 0.25) is 0 Å². The van der Waals surface area contributed by atoms with E-state index in [0.717, 1.165) is 18.1 Å². The molecule has 1 atom stereocenters. The summed E-state index contributed by atoms with van der Waals surface area (Å²) in [6, 6.07) is -0.0221. The molecule has 0 saturated carbocycles. The Morgan fingerprint density at radius 1 is 1.67 bits per heavy atom. The van der Waals surface area contributed by atoms with Gasteiger partial charge in [0.25, 0.3) is 5.91 Å². The third kappa shape index (κ3) is 3.00. The van der Waals surface area contributed by atoms with Crippen LogP contribution in [0, 0.1) is 0 Å². The molecule has 1 amide bonds. The lowest BCUT2D eigenvalue weighted by atomic mass is 10.3. The molecule has 0 spiro atoms. The Labute approximate surface area is 77.0 Å². The fourth-order valence-corrected chi connectivity index (χ4v) is 1.97. The largest absolute Gasteiger partial charge is 0.304 e. The van der Waals surface area contributed by atoms with Crippen LogP contribution in [0.2, 0.25) is 0 Å². The van der Waals surface area contributed by atoms with Crippen LogP contribution in [0.15, 0.2) is 0 Å². The molecule has 1 saturated heterocycles. The first-order valence-electron chi connectivity index (χ1n) is 3.99. The van der Waals surface area contributed by atoms with Crippen molar-refractivity contribution in [2.45, 2.75) is 6.04 Å². The number of hydrogen-bond acceptors (Lipinski definition) is 4. The first-order chi connectivity index (χ1) is 5.70. The Bertz CT molecular complexity index is 157. The second-order valence-corrected chi connectivity index (χ2v) is 4.10. The fourth-order valence-electron chi connectivity index (χ4n) is 1.03. The maximum absolute atomic E-state index is 11.4. The Hall–Kier alpha value is -0.260. The van der Waals surface area contributed by atoms with Crippen LogP contribution in [-0.4, -0.2) is 49.1 Å². The molecule has 1 rings (SSSR count). The van der Waals surface area contributed by atoms with Crippen molar-refractivity contribution >= 4 is 17.7 Å². The lowest BCUT2D eigenvalue weighted by molar-refractivity contribution is -0.126. The summed E-state index contributed by atoms with van der Waals surface area (Å²) in [6.07, 6.45) is 0. The van der Waals surface area contributed by atoms with Gasteiger partial charge in [-0.3, -0.25) is 10.2 Å². The first kappa shape index (κ1) is 9.83. The van der Waals surface area contributed by atoms with Gasteiger partial charge < -0.3 is 5.32 Å². The van der Waals surface area contributed by atoms with Gasteiger partial charge in [0.05, 0.1) is 6.04 Å². The SMILES string of the molecule is CN(C)NC(=O)C1CSCCN1. The van der Waals surface area contributed by atoms with Crippen LogP contribution in [-0.2, 0) is 4.79 Å². The van der Waals surface area contributed by atoms with E-state index in [-0.39, 0.29) is 11.9 Å². The summed E-state index contributed by atoms with van der Waals surface area (Å²) >= 11 is 1.82. The minimum atomic E-state index is -0.0221. The maximum atomic E-state index is 11.4. The molecular formula is C7H15N3OS. The zero-order valence-electron chi connectivity index (χ0n) is 7.46. The van der Waals surface area contributed by atoms with Crippen molar-refractivity contribution in [1.29, 1.82) is 0 Å². The summed E-state index contributed by atoms with van der Waals surface area (Å²) in [4.78, 5) is 11.4. The van der Waals surface area contributed by atoms with Crippen LogP contribution in [0.4, 0.5) is 0 Å². The number of rotatable bonds is 2. The van der Waals surface area contributed by atoms with Gasteiger partial charge in [-0.2, -0.15) is 11.8 Å². The molecule has 0 aliphatic carbocycles. The van der Waals surface area contributed by atoms with Crippen LogP contribution in [0.25, 0.3) is 0 Å². The number of hydrogen-bond donors (Lipinski definition) is 2. The summed E-state index contributed by atoms with van der Waals surface area (Å²) in [6.45, 7) is 0.927. The summed E-state index contributed by atoms with van der Waals surface area (Å²) < 4.78 is 0. The van der Waals surface area contributed by atoms with Crippen molar-refractivity contribution in [2.75, 3.05) is 32.1 Å². The molecule has 1 unspecified atom stereocenters. The van der Waals surface area contributed by atoms with Gasteiger partial charge in [0.1, 0.15) is 0 Å². The van der Waals surface area contributed by atoms with E-state index in [2.05, 4.69) is 10.7 Å². The van der Waals surface area contributed by atoms with Gasteiger partial charge in [0, 0.05) is 32.1 Å². The third-order valence-electron chi connectivity index (χ3n) is 1.57. The van der Waals surface area contributed by atoms with Gasteiger partial charge in [-0.15, -0.1) is 0 Å². The molecule has 0 radical (unpaired) electrons. The first-order valence-corrected chi connectivity index (χ1v) is 5.14. The van der Waals surface area contributed by atoms with Gasteiger partial charge >= 0.3 is 0 Å². The summed E-state index contributed by atoms with van der Waals surface area (Å²) in [5.41, 5.74) is 2.73. The van der Waals surface area contributed by atoms with Crippen LogP contribution >= 0.6 is 11.8 Å². The molecule has 0 aromatic heterocycles. The summed E-state index contributed by atoms with van der Waals surface area (Å²) in [5.74, 6) is 2.04. The van der Waals surface area contributed by atoms with E-state index < -0.39 is 0 Å². The standard InChI is InChI=1S/C7H15N3OS/c1-10(2)9-7(11)6-5-12-4-3-8-6/h6,8H,3-5H2,1-2H3,(H,9,11). The Kier molecular flexibility index (Phi) is 3.84. The second kappa shape index (κ2) is 4.69. The molecule has 2 N–H and O–H groups in total. The molecule has 70 valence electrons. The Morgan fingerprint density at radius 3 is 2.92 bits per heavy atom. The molecule has 0 bridgehead atoms. The minimum absolute atomic E-state index is 0.0221. The smallest absolute Gasteiger partial charge is 0.252 e. The van der Waals surface area contributed by atoms with Crippen LogP contribution in [0.1, 0.15) is 0 Å². The highest BCUT2D eigenvalue weighted by atomic mass is 32.2. The molecule has 1 aliphatic heterocycles. The molecule has 1 fully saturated rings. The van der Waals surface area contributed by atoms with E-state index in [0.29, 0.717) is 0 Å². The topological polar surface area (TPSA) is 44.4 Å². The van der Waals surface area contributed by atoms with E-state index in [4.69, 9.17) is 0 Å². The van der Waals surface area contributed by atoms with Gasteiger partial charge in [-0.05, 0) is 0 Å². The Morgan fingerprint density at radius 2 is 2.42 bits per heavy atom. The average molecular weight is 189 g/mol. The van der Waals surface area contributed by atoms with Crippen molar-refractivity contribution in [3.8, 4) is 0 Å². The highest BCUT2D eigenvalue weighted by Gasteiger charge is 2.20. The lowest BCUT2D eigenvalue weighted by Gasteiger charge is -2.23. The normalized spacial score (nSPS) is 24.1. The van der Waals surface area contributed by atoms with Gasteiger partial charge in [-0.25, -0.2) is 5.01 Å². The number of thioether (sulfide) groups is 1. The van der Waals surface area contributed by atoms with Crippen molar-refractivity contribution in [2.24, 2.45) is 0 Å². The van der Waals surface area contributed by atoms with E-state index >= 15 is 0 Å². The van der Waals surface area contributed by atoms with Crippen LogP contribution in [0.5, 0.6) is 0 Å². The number of hydrazine groups is 1. The van der Waals surface area contributed by atoms with E-state index in [1.54, 1.807) is 5.01 Å². The predicted molar refractivity (Wildman–Crippen MR) is 50.9 cm³/mol. The molecule has 1 aliphatic rings. The van der Waals surface area contributed by atoms with E-state index in [9.17, 15) is 4.79 Å². The average Bonchev–Trinajstić information content (AvgIpc) is 2.05. The van der Waals surface area contributed by atoms with Crippen molar-refractivity contribution < 1.29 is 4.79 Å². The molecule has 5 heteroatoms. The molecule has 0 aromatic rings. The zero-order valence-corrected chi connectivity index (χ0v) is 8.28. The zero-order chi connectivity index (χ0) is 8.97. The number of amides is 1. The highest BCUT2D eigenvalue weighted by Crippen LogP contribution is 2.07. The third-order valence-corrected chi connectivity index (χ3v) is 2.63. The van der Waals surface area contributed by atoms with Gasteiger partial charge in [-0.1, -0.05) is 0 Å². The number of nitrogens with zero attached hydrogens (tertiary/aromatic N) is 1. The van der Waals surface area contributed by atoms with E-state index in [1.165, 1.54) is 0 Å². The maximum Gasteiger partial charge on any atom is 0.252 e. The van der Waals surface area contributed by atoms with E-state index in [1.807, 2.05) is 25.9 Å². The molecular weight excluding hydrogens is 174 g/mol. The summed E-state index contributed by atoms with van der Waals surface area (Å²) in [5, 5.41) is 4.83. The minimum Gasteiger partial charge on any atom is -0.304 e. The van der Waals surface area contributed by atoms with Crippen LogP contribution in [0.3, 0.4) is 0 Å². The predicted octanol–water partition coefficient (Wildman–Crippen LogP) is -0.716. The molecule has 12 heavy (non-hydrogen) atoms. The molecule has 4 nitrogen and oxygen atoms in total. The fraction of sp³-hybridized carbons (Fsp3) is 0.857. The molecule has 1 heterocycles. The highest BCUT2D eigenvalue weighted by molar-refractivity contribution is 7.99. The quantitative estimate of drug-likeness (QED) is 0.563. The summed E-state index contributed by atoms with van der Waals surface area (Å²) in [7, 11) is 3.63. The van der Waals surface area contributed by atoms with Crippen molar-refractivity contribution in [1.82, 2.24) is 15.8 Å². The monoisotopic (exact) mass is 189 g/mol. The second-order valence-electron chi connectivity index (χ2n) is 2.95. The molecule has 0 aromatic carbocycles. The van der Waals surface area contributed by atoms with Crippen molar-refractivity contribution in [3.63, 3.8) is 0 Å². The van der Waals surface area contributed by atoms with Gasteiger partial charge in [0.15, 0.2) is 0 Å². The number of carbonyl (C=O) groups excluding carboxylic acids is 1.